The van der Waals surface area contributed by atoms with Crippen LogP contribution in [0.4, 0.5) is 13.2 Å². The van der Waals surface area contributed by atoms with Gasteiger partial charge in [0, 0.05) is 17.6 Å². The molecule has 0 spiro atoms. The smallest absolute Gasteiger partial charge is 0.382 e. The molecule has 3 rings (SSSR count). The fourth-order valence-electron chi connectivity index (χ4n) is 2.85. The highest BCUT2D eigenvalue weighted by Gasteiger charge is 2.39. The summed E-state index contributed by atoms with van der Waals surface area (Å²) in [5.41, 5.74) is -0.613. The van der Waals surface area contributed by atoms with Crippen LogP contribution in [-0.2, 0) is 17.9 Å². The molecule has 0 aliphatic rings. The van der Waals surface area contributed by atoms with Crippen LogP contribution in [0, 0.1) is 0 Å². The maximum atomic E-state index is 12.9. The van der Waals surface area contributed by atoms with Gasteiger partial charge < -0.3 is 8.77 Å². The minimum atomic E-state index is -4.94. The maximum absolute atomic E-state index is 12.9. The molecular weight excluding hydrogens is 486 g/mol. The van der Waals surface area contributed by atoms with Gasteiger partial charge in [0.05, 0.1) is 13.7 Å². The third-order valence-electron chi connectivity index (χ3n) is 4.61. The van der Waals surface area contributed by atoms with E-state index in [1.165, 1.54) is 42.1 Å². The first-order chi connectivity index (χ1) is 15.4. The van der Waals surface area contributed by atoms with Gasteiger partial charge in [-0.05, 0) is 24.3 Å². The number of aromatic nitrogens is 6. The molecule has 0 fully saturated rings. The monoisotopic (exact) mass is 503 g/mol. The lowest BCUT2D eigenvalue weighted by Crippen LogP contribution is -2.37. The van der Waals surface area contributed by atoms with Gasteiger partial charge in [-0.25, -0.2) is 19.5 Å². The molecule has 176 valence electrons. The third kappa shape index (κ3) is 5.45. The van der Waals surface area contributed by atoms with E-state index in [0.29, 0.717) is 15.2 Å². The molecule has 2 aromatic heterocycles. The Balaban J connectivity index is 2.01. The summed E-state index contributed by atoms with van der Waals surface area (Å²) in [7, 11) is 2.68. The zero-order chi connectivity index (χ0) is 24.5. The minimum Gasteiger partial charge on any atom is -0.382 e. The number of hydrogen-bond donors (Lipinski definition) is 1. The predicted molar refractivity (Wildman–Crippen MR) is 111 cm³/mol. The highest BCUT2D eigenvalue weighted by atomic mass is 35.5. The number of aliphatic hydroxyl groups is 1. The number of amides is 1. The van der Waals surface area contributed by atoms with Gasteiger partial charge in [0.2, 0.25) is 0 Å². The van der Waals surface area contributed by atoms with Crippen molar-refractivity contribution in [2.75, 3.05) is 14.2 Å². The normalized spacial score (nSPS) is 12.7. The molecule has 1 atom stereocenters. The summed E-state index contributed by atoms with van der Waals surface area (Å²) in [4.78, 5) is 34.1. The summed E-state index contributed by atoms with van der Waals surface area (Å²) in [6.07, 6.45) is -7.72. The van der Waals surface area contributed by atoms with E-state index in [4.69, 9.17) is 16.4 Å². The van der Waals surface area contributed by atoms with Crippen molar-refractivity contribution in [1.29, 1.82) is 0 Å². The van der Waals surface area contributed by atoms with Crippen molar-refractivity contribution in [3.63, 3.8) is 0 Å². The molecule has 1 aromatic carbocycles. The predicted octanol–water partition coefficient (Wildman–Crippen LogP) is -0.0422. The summed E-state index contributed by atoms with van der Waals surface area (Å²) in [5, 5.41) is 19.1. The highest BCUT2D eigenvalue weighted by Crippen LogP contribution is 2.24. The van der Waals surface area contributed by atoms with Crippen LogP contribution in [0.1, 0.15) is 16.4 Å². The molecule has 0 saturated carbocycles. The number of nitrogens with zero attached hydrogens (tertiary/aromatic N) is 7. The fraction of sp³-hybridized carbons (Fsp3) is 0.353. The Morgan fingerprint density at radius 3 is 2.52 bits per heavy atom. The fourth-order valence-corrected chi connectivity index (χ4v) is 3.49. The van der Waals surface area contributed by atoms with E-state index in [2.05, 4.69) is 15.2 Å². The van der Waals surface area contributed by atoms with E-state index in [0.717, 1.165) is 9.75 Å². The number of carbonyl (C=O) groups is 1. The Morgan fingerprint density at radius 1 is 1.30 bits per heavy atom. The Labute approximate surface area is 197 Å². The molecule has 1 amide bonds. The molecular formula is C17H18AlClF3N7O4. The lowest BCUT2D eigenvalue weighted by atomic mass is 10.2. The quantitative estimate of drug-likeness (QED) is 0.355. The molecule has 0 saturated heterocycles. The molecule has 2 heterocycles. The zero-order valence-corrected chi connectivity index (χ0v) is 20.4. The van der Waals surface area contributed by atoms with Crippen LogP contribution in [0.2, 0.25) is 5.02 Å². The van der Waals surface area contributed by atoms with Crippen molar-refractivity contribution in [3.05, 3.63) is 51.4 Å². The second kappa shape index (κ2) is 9.66. The van der Waals surface area contributed by atoms with Gasteiger partial charge >= 0.3 is 34.3 Å². The summed E-state index contributed by atoms with van der Waals surface area (Å²) >= 11 is 6.15. The number of aliphatic hydroxyl groups excluding tert-OH is 1. The van der Waals surface area contributed by atoms with Crippen LogP contribution in [0.15, 0.2) is 29.1 Å². The number of alkyl halides is 3. The number of hydroxylamine groups is 2. The molecule has 3 aromatic rings. The largest absolute Gasteiger partial charge is 0.416 e. The number of benzene rings is 1. The van der Waals surface area contributed by atoms with Crippen LogP contribution >= 0.6 is 11.6 Å². The average molecular weight is 504 g/mol. The summed E-state index contributed by atoms with van der Waals surface area (Å²) in [5.74, 6) is -0.664. The average Bonchev–Trinajstić information content (AvgIpc) is 3.27. The van der Waals surface area contributed by atoms with Crippen molar-refractivity contribution in [2.24, 2.45) is 0 Å². The molecule has 0 bridgehead atoms. The van der Waals surface area contributed by atoms with E-state index < -0.39 is 30.4 Å². The molecule has 0 aliphatic carbocycles. The highest BCUT2D eigenvalue weighted by molar-refractivity contribution is 6.30. The second-order valence-electron chi connectivity index (χ2n) is 6.90. The number of hydrogen-bond acceptors (Lipinski definition) is 7. The second-order valence-corrected chi connectivity index (χ2v) is 8.18. The van der Waals surface area contributed by atoms with Crippen LogP contribution in [0.25, 0.3) is 11.4 Å². The number of halogens is 4. The first kappa shape index (κ1) is 24.9. The van der Waals surface area contributed by atoms with E-state index in [-0.39, 0.29) is 40.5 Å². The summed E-state index contributed by atoms with van der Waals surface area (Å²) < 4.78 is 41.7. The molecule has 1 unspecified atom stereocenters. The van der Waals surface area contributed by atoms with Crippen LogP contribution in [-0.4, -0.2) is 87.1 Å². The topological polar surface area (TPSA) is 120 Å². The van der Waals surface area contributed by atoms with Gasteiger partial charge in [0.25, 0.3) is 0 Å². The van der Waals surface area contributed by atoms with E-state index in [1.54, 1.807) is 0 Å². The lowest BCUT2D eigenvalue weighted by Gasteiger charge is -2.15. The number of rotatable bonds is 7. The van der Waals surface area contributed by atoms with Gasteiger partial charge in [-0.15, -0.1) is 5.10 Å². The maximum Gasteiger partial charge on any atom is 0.416 e. The van der Waals surface area contributed by atoms with Crippen LogP contribution in [0.5, 0.6) is 0 Å². The van der Waals surface area contributed by atoms with Gasteiger partial charge in [-0.1, -0.05) is 11.6 Å². The molecule has 1 N–H and O–H groups in total. The zero-order valence-electron chi connectivity index (χ0n) is 17.6. The Kier molecular flexibility index (Phi) is 7.30. The van der Waals surface area contributed by atoms with Crippen molar-refractivity contribution < 1.29 is 27.9 Å². The lowest BCUT2D eigenvalue weighted by molar-refractivity contribution is -0.207. The van der Waals surface area contributed by atoms with E-state index in [1.807, 2.05) is 0 Å². The molecule has 11 nitrogen and oxygen atoms in total. The first-order valence-electron chi connectivity index (χ1n) is 9.32. The SMILES string of the molecule is CON(C)C(=O)c1nc(Cn2nc(-c3ccc(Cl)cc3)n(CC(O)C(F)(F)F)c2=O)n[n]1[AlH2]. The Hall–Kier alpha value is -2.70. The third-order valence-corrected chi connectivity index (χ3v) is 5.48. The van der Waals surface area contributed by atoms with Gasteiger partial charge in [0.15, 0.2) is 23.6 Å². The molecule has 16 heteroatoms. The van der Waals surface area contributed by atoms with Crippen molar-refractivity contribution in [2.45, 2.75) is 25.4 Å². The van der Waals surface area contributed by atoms with Crippen molar-refractivity contribution in [3.8, 4) is 11.4 Å². The van der Waals surface area contributed by atoms with E-state index in [9.17, 15) is 27.9 Å². The van der Waals surface area contributed by atoms with Gasteiger partial charge in [-0.3, -0.25) is 14.2 Å². The summed E-state index contributed by atoms with van der Waals surface area (Å²) in [6, 6.07) is 5.93. The number of carbonyl (C=O) groups excluding carboxylic acids is 1. The van der Waals surface area contributed by atoms with Crippen molar-refractivity contribution >= 4 is 34.0 Å². The van der Waals surface area contributed by atoms with Gasteiger partial charge in [0.1, 0.15) is 6.54 Å². The van der Waals surface area contributed by atoms with E-state index >= 15 is 0 Å². The Morgan fingerprint density at radius 2 is 1.94 bits per heavy atom. The summed E-state index contributed by atoms with van der Waals surface area (Å²) in [6.45, 7) is -1.38. The first-order valence-corrected chi connectivity index (χ1v) is 10.6. The van der Waals surface area contributed by atoms with Crippen LogP contribution in [0.3, 0.4) is 0 Å². The standard InChI is InChI=1S/C17H17ClF3N7O4.Al.2H/c1-26(32-2)15(30)13-22-12(23-24-13)8-28-16(31)27(7-11(29)17(19,20)21)14(25-28)9-3-5-10(18)6-4-9;;;/h3-6,11,29H,7-8H2,1-2H3,(H,22,23,24,30);;;/q;+1;;/p-1. The molecule has 0 aliphatic heterocycles. The van der Waals surface area contributed by atoms with Crippen molar-refractivity contribution in [1.82, 2.24) is 33.2 Å². The molecule has 33 heavy (non-hydrogen) atoms. The molecule has 0 radical (unpaired) electrons. The van der Waals surface area contributed by atoms with Gasteiger partial charge in [-0.2, -0.15) is 18.3 Å². The Bertz CT molecular complexity index is 1210. The minimum absolute atomic E-state index is 0.0288. The van der Waals surface area contributed by atoms with Crippen LogP contribution < -0.4 is 5.69 Å².